The number of halogens is 2. The molecule has 1 N–H and O–H groups in total. The van der Waals surface area contributed by atoms with Gasteiger partial charge >= 0.3 is 5.97 Å². The Morgan fingerprint density at radius 3 is 2.70 bits per heavy atom. The van der Waals surface area contributed by atoms with Crippen LogP contribution in [0.25, 0.3) is 0 Å². The predicted molar refractivity (Wildman–Crippen MR) is 103 cm³/mol. The minimum Gasteiger partial charge on any atom is -0.461 e. The Kier molecular flexibility index (Phi) is 6.22. The van der Waals surface area contributed by atoms with Crippen LogP contribution in [-0.2, 0) is 26.6 Å². The van der Waals surface area contributed by atoms with E-state index >= 15 is 0 Å². The predicted octanol–water partition coefficient (Wildman–Crippen LogP) is 2.27. The van der Waals surface area contributed by atoms with E-state index in [-0.39, 0.29) is 35.8 Å². The van der Waals surface area contributed by atoms with Crippen LogP contribution in [0.15, 0.2) is 35.4 Å². The van der Waals surface area contributed by atoms with E-state index in [4.69, 9.17) is 4.74 Å². The van der Waals surface area contributed by atoms with Crippen molar-refractivity contribution in [2.24, 2.45) is 7.05 Å². The fraction of sp³-hybridized carbons (Fsp3) is 0.368. The molecule has 1 aromatic carbocycles. The number of rotatable bonds is 6. The van der Waals surface area contributed by atoms with Crippen LogP contribution in [0.2, 0.25) is 0 Å². The Labute approximate surface area is 172 Å². The van der Waals surface area contributed by atoms with Gasteiger partial charge in [-0.05, 0) is 38.0 Å². The van der Waals surface area contributed by atoms with Crippen molar-refractivity contribution in [3.05, 3.63) is 47.8 Å². The molecule has 1 saturated heterocycles. The standard InChI is InChI=1S/C19H21F2N3O5S/c1-3-29-19(26)17-10-13(11-23(17)2)30(27,28)24-8-4-5-16(24)18(25)22-15-9-12(20)6-7-14(15)21/h6-7,9-11,16H,3-5,8H2,1-2H3,(H,22,25). The second-order valence-electron chi connectivity index (χ2n) is 6.78. The first-order chi connectivity index (χ1) is 14.1. The number of carbonyl (C=O) groups is 2. The molecule has 1 fully saturated rings. The summed E-state index contributed by atoms with van der Waals surface area (Å²) in [5.74, 6) is -3.00. The highest BCUT2D eigenvalue weighted by Crippen LogP contribution is 2.28. The minimum absolute atomic E-state index is 0.0532. The third kappa shape index (κ3) is 4.21. The average molecular weight is 441 g/mol. The lowest BCUT2D eigenvalue weighted by molar-refractivity contribution is -0.119. The summed E-state index contributed by atoms with van der Waals surface area (Å²) < 4.78 is 60.7. The van der Waals surface area contributed by atoms with Crippen molar-refractivity contribution in [2.45, 2.75) is 30.7 Å². The zero-order valence-corrected chi connectivity index (χ0v) is 17.2. The molecule has 162 valence electrons. The van der Waals surface area contributed by atoms with Crippen LogP contribution in [-0.4, -0.2) is 48.4 Å². The van der Waals surface area contributed by atoms with E-state index in [1.54, 1.807) is 6.92 Å². The molecular formula is C19H21F2N3O5S. The van der Waals surface area contributed by atoms with Crippen LogP contribution in [0.3, 0.4) is 0 Å². The second-order valence-corrected chi connectivity index (χ2v) is 8.67. The van der Waals surface area contributed by atoms with Gasteiger partial charge in [0.15, 0.2) is 0 Å². The number of aromatic nitrogens is 1. The summed E-state index contributed by atoms with van der Waals surface area (Å²) in [5.41, 5.74) is -0.314. The Hall–Kier alpha value is -2.79. The van der Waals surface area contributed by atoms with Crippen LogP contribution >= 0.6 is 0 Å². The summed E-state index contributed by atoms with van der Waals surface area (Å²) in [5, 5.41) is 2.26. The molecule has 1 aliphatic heterocycles. The summed E-state index contributed by atoms with van der Waals surface area (Å²) >= 11 is 0. The molecule has 1 aromatic heterocycles. The molecule has 1 unspecified atom stereocenters. The summed E-state index contributed by atoms with van der Waals surface area (Å²) in [6, 6.07) is 2.70. The number of esters is 1. The first-order valence-electron chi connectivity index (χ1n) is 9.26. The molecule has 2 aromatic rings. The zero-order chi connectivity index (χ0) is 22.1. The third-order valence-corrected chi connectivity index (χ3v) is 6.64. The van der Waals surface area contributed by atoms with Crippen molar-refractivity contribution in [2.75, 3.05) is 18.5 Å². The van der Waals surface area contributed by atoms with E-state index < -0.39 is 39.6 Å². The van der Waals surface area contributed by atoms with Crippen LogP contribution in [0.5, 0.6) is 0 Å². The first-order valence-corrected chi connectivity index (χ1v) is 10.7. The fourth-order valence-electron chi connectivity index (χ4n) is 3.32. The maximum atomic E-state index is 13.8. The molecule has 0 radical (unpaired) electrons. The minimum atomic E-state index is -4.12. The molecule has 1 aliphatic rings. The van der Waals surface area contributed by atoms with Gasteiger partial charge in [-0.1, -0.05) is 0 Å². The van der Waals surface area contributed by atoms with Gasteiger partial charge in [0.2, 0.25) is 15.9 Å². The second kappa shape index (κ2) is 8.52. The molecule has 2 heterocycles. The summed E-state index contributed by atoms with van der Waals surface area (Å²) in [4.78, 5) is 24.5. The third-order valence-electron chi connectivity index (χ3n) is 4.76. The van der Waals surface area contributed by atoms with Gasteiger partial charge in [-0.3, -0.25) is 4.79 Å². The molecule has 0 bridgehead atoms. The largest absolute Gasteiger partial charge is 0.461 e. The lowest BCUT2D eigenvalue weighted by Crippen LogP contribution is -2.43. The highest BCUT2D eigenvalue weighted by molar-refractivity contribution is 7.89. The summed E-state index contributed by atoms with van der Waals surface area (Å²) in [6.45, 7) is 1.85. The Morgan fingerprint density at radius 1 is 1.27 bits per heavy atom. The number of aryl methyl sites for hydroxylation is 1. The molecule has 3 rings (SSSR count). The van der Waals surface area contributed by atoms with Crippen LogP contribution in [0, 0.1) is 11.6 Å². The Bertz CT molecular complexity index is 1080. The zero-order valence-electron chi connectivity index (χ0n) is 16.4. The molecular weight excluding hydrogens is 420 g/mol. The number of amides is 1. The highest BCUT2D eigenvalue weighted by Gasteiger charge is 2.40. The number of benzene rings is 1. The van der Waals surface area contributed by atoms with Gasteiger partial charge in [0.1, 0.15) is 28.3 Å². The van der Waals surface area contributed by atoms with Gasteiger partial charge in [0.25, 0.3) is 0 Å². The lowest BCUT2D eigenvalue weighted by Gasteiger charge is -2.23. The smallest absolute Gasteiger partial charge is 0.354 e. The molecule has 11 heteroatoms. The first kappa shape index (κ1) is 21.9. The number of hydrogen-bond acceptors (Lipinski definition) is 5. The van der Waals surface area contributed by atoms with Crippen molar-refractivity contribution in [3.63, 3.8) is 0 Å². The van der Waals surface area contributed by atoms with Crippen molar-refractivity contribution in [1.29, 1.82) is 0 Å². The quantitative estimate of drug-likeness (QED) is 0.694. The topological polar surface area (TPSA) is 97.7 Å². The fourth-order valence-corrected chi connectivity index (χ4v) is 5.05. The maximum Gasteiger partial charge on any atom is 0.354 e. The van der Waals surface area contributed by atoms with Gasteiger partial charge in [0.05, 0.1) is 12.3 Å². The Balaban J connectivity index is 1.85. The van der Waals surface area contributed by atoms with Crippen molar-refractivity contribution < 1.29 is 31.5 Å². The molecule has 1 amide bonds. The van der Waals surface area contributed by atoms with E-state index in [1.807, 2.05) is 0 Å². The number of ether oxygens (including phenoxy) is 1. The Morgan fingerprint density at radius 2 is 2.00 bits per heavy atom. The van der Waals surface area contributed by atoms with Crippen molar-refractivity contribution >= 4 is 27.6 Å². The van der Waals surface area contributed by atoms with E-state index in [0.717, 1.165) is 22.5 Å². The summed E-state index contributed by atoms with van der Waals surface area (Å²) in [6.07, 6.45) is 1.90. The summed E-state index contributed by atoms with van der Waals surface area (Å²) in [7, 11) is -2.61. The normalized spacial score (nSPS) is 17.1. The van der Waals surface area contributed by atoms with E-state index in [0.29, 0.717) is 6.42 Å². The molecule has 0 saturated carbocycles. The van der Waals surface area contributed by atoms with Crippen LogP contribution in [0.4, 0.5) is 14.5 Å². The molecule has 0 aliphatic carbocycles. The number of sulfonamides is 1. The van der Waals surface area contributed by atoms with E-state index in [9.17, 15) is 26.8 Å². The van der Waals surface area contributed by atoms with Gasteiger partial charge < -0.3 is 14.6 Å². The average Bonchev–Trinajstić information content (AvgIpc) is 3.32. The lowest BCUT2D eigenvalue weighted by atomic mass is 10.2. The van der Waals surface area contributed by atoms with Gasteiger partial charge in [-0.25, -0.2) is 22.0 Å². The van der Waals surface area contributed by atoms with E-state index in [1.165, 1.54) is 23.9 Å². The molecule has 0 spiro atoms. The van der Waals surface area contributed by atoms with Gasteiger partial charge in [-0.15, -0.1) is 0 Å². The van der Waals surface area contributed by atoms with Gasteiger partial charge in [0, 0.05) is 25.9 Å². The van der Waals surface area contributed by atoms with Crippen LogP contribution in [0.1, 0.15) is 30.3 Å². The molecule has 1 atom stereocenters. The number of nitrogens with one attached hydrogen (secondary N) is 1. The van der Waals surface area contributed by atoms with E-state index in [2.05, 4.69) is 5.32 Å². The van der Waals surface area contributed by atoms with Crippen molar-refractivity contribution in [3.8, 4) is 0 Å². The maximum absolute atomic E-state index is 13.8. The van der Waals surface area contributed by atoms with Gasteiger partial charge in [-0.2, -0.15) is 4.31 Å². The highest BCUT2D eigenvalue weighted by atomic mass is 32.2. The number of carbonyl (C=O) groups excluding carboxylic acids is 2. The molecule has 30 heavy (non-hydrogen) atoms. The molecule has 8 nitrogen and oxygen atoms in total. The SMILES string of the molecule is CCOC(=O)c1cc(S(=O)(=O)N2CCCC2C(=O)Nc2cc(F)ccc2F)cn1C. The number of hydrogen-bond donors (Lipinski definition) is 1. The number of anilines is 1. The van der Waals surface area contributed by atoms with Crippen molar-refractivity contribution in [1.82, 2.24) is 8.87 Å². The monoisotopic (exact) mass is 441 g/mol. The number of nitrogens with zero attached hydrogens (tertiary/aromatic N) is 2. The van der Waals surface area contributed by atoms with Crippen LogP contribution < -0.4 is 5.32 Å².